The van der Waals surface area contributed by atoms with E-state index in [0.717, 1.165) is 19.3 Å². The largest absolute Gasteiger partial charge is 0.323 e. The Labute approximate surface area is 92.2 Å². The average molecular weight is 210 g/mol. The smallest absolute Gasteiger partial charge is 0.244 e. The van der Waals surface area contributed by atoms with Crippen LogP contribution in [0.3, 0.4) is 0 Å². The first-order chi connectivity index (χ1) is 7.12. The van der Waals surface area contributed by atoms with E-state index in [1.165, 1.54) is 12.8 Å². The summed E-state index contributed by atoms with van der Waals surface area (Å²) in [6, 6.07) is 0.537. The Balaban J connectivity index is 2.15. The lowest BCUT2D eigenvalue weighted by Crippen LogP contribution is -2.43. The lowest BCUT2D eigenvalue weighted by Gasteiger charge is -2.23. The zero-order valence-corrected chi connectivity index (χ0v) is 10.0. The Kier molecular flexibility index (Phi) is 2.75. The molecule has 0 aromatic heterocycles. The van der Waals surface area contributed by atoms with E-state index in [0.29, 0.717) is 18.1 Å². The SMILES string of the molecule is CCCC1NC(C)(CC)C(=O)N1C1CC1. The van der Waals surface area contributed by atoms with Crippen LogP contribution in [0.15, 0.2) is 0 Å². The minimum Gasteiger partial charge on any atom is -0.323 e. The maximum absolute atomic E-state index is 12.3. The lowest BCUT2D eigenvalue weighted by atomic mass is 9.99. The molecule has 1 aliphatic heterocycles. The summed E-state index contributed by atoms with van der Waals surface area (Å²) in [6.45, 7) is 6.31. The first-order valence-electron chi connectivity index (χ1n) is 6.23. The third-order valence-corrected chi connectivity index (χ3v) is 3.74. The molecule has 0 bridgehead atoms. The van der Waals surface area contributed by atoms with Crippen molar-refractivity contribution in [2.24, 2.45) is 0 Å². The van der Waals surface area contributed by atoms with E-state index in [2.05, 4.69) is 24.1 Å². The van der Waals surface area contributed by atoms with Crippen LogP contribution in [0.4, 0.5) is 0 Å². The lowest BCUT2D eigenvalue weighted by molar-refractivity contribution is -0.133. The third kappa shape index (κ3) is 1.78. The molecule has 2 aliphatic rings. The molecule has 2 rings (SSSR count). The fraction of sp³-hybridized carbons (Fsp3) is 0.917. The first-order valence-corrected chi connectivity index (χ1v) is 6.23. The Morgan fingerprint density at radius 3 is 2.60 bits per heavy atom. The van der Waals surface area contributed by atoms with E-state index in [-0.39, 0.29) is 5.54 Å². The minimum atomic E-state index is -0.303. The molecule has 0 radical (unpaired) electrons. The van der Waals surface area contributed by atoms with Gasteiger partial charge in [-0.2, -0.15) is 0 Å². The standard InChI is InChI=1S/C12H22N2O/c1-4-6-10-13-12(3,5-2)11(15)14(10)9-7-8-9/h9-10,13H,4-8H2,1-3H3. The number of amides is 1. The van der Waals surface area contributed by atoms with Gasteiger partial charge in [0.15, 0.2) is 0 Å². The first kappa shape index (κ1) is 10.9. The van der Waals surface area contributed by atoms with Crippen LogP contribution in [0.5, 0.6) is 0 Å². The van der Waals surface area contributed by atoms with Crippen molar-refractivity contribution in [1.29, 1.82) is 0 Å². The van der Waals surface area contributed by atoms with Crippen LogP contribution >= 0.6 is 0 Å². The van der Waals surface area contributed by atoms with Gasteiger partial charge in [0.1, 0.15) is 0 Å². The summed E-state index contributed by atoms with van der Waals surface area (Å²) in [5, 5.41) is 3.52. The second kappa shape index (κ2) is 3.78. The summed E-state index contributed by atoms with van der Waals surface area (Å²) >= 11 is 0. The fourth-order valence-electron chi connectivity index (χ4n) is 2.44. The van der Waals surface area contributed by atoms with Gasteiger partial charge >= 0.3 is 0 Å². The molecule has 3 nitrogen and oxygen atoms in total. The number of carbonyl (C=O) groups excluding carboxylic acids is 1. The van der Waals surface area contributed by atoms with Crippen LogP contribution < -0.4 is 5.32 Å². The normalized spacial score (nSPS) is 36.3. The number of rotatable bonds is 4. The number of hydrogen-bond donors (Lipinski definition) is 1. The van der Waals surface area contributed by atoms with E-state index in [1.54, 1.807) is 0 Å². The molecule has 1 saturated carbocycles. The number of nitrogens with zero attached hydrogens (tertiary/aromatic N) is 1. The van der Waals surface area contributed by atoms with Crippen LogP contribution in [0, 0.1) is 0 Å². The molecule has 2 fully saturated rings. The molecule has 2 atom stereocenters. The van der Waals surface area contributed by atoms with E-state index in [1.807, 2.05) is 6.92 Å². The van der Waals surface area contributed by atoms with Crippen LogP contribution in [-0.4, -0.2) is 28.6 Å². The topological polar surface area (TPSA) is 32.3 Å². The third-order valence-electron chi connectivity index (χ3n) is 3.74. The summed E-state index contributed by atoms with van der Waals surface area (Å²) in [5.74, 6) is 0.325. The maximum atomic E-state index is 12.3. The molecule has 0 aromatic rings. The molecule has 0 spiro atoms. The molecule has 1 amide bonds. The predicted octanol–water partition coefficient (Wildman–Crippen LogP) is 1.88. The van der Waals surface area contributed by atoms with Crippen LogP contribution in [-0.2, 0) is 4.79 Å². The van der Waals surface area contributed by atoms with E-state index in [9.17, 15) is 4.79 Å². The summed E-state index contributed by atoms with van der Waals surface area (Å²) in [4.78, 5) is 14.4. The van der Waals surface area contributed by atoms with Gasteiger partial charge in [-0.1, -0.05) is 20.3 Å². The highest BCUT2D eigenvalue weighted by molar-refractivity contribution is 5.88. The quantitative estimate of drug-likeness (QED) is 0.768. The van der Waals surface area contributed by atoms with Gasteiger partial charge in [0, 0.05) is 6.04 Å². The zero-order valence-electron chi connectivity index (χ0n) is 10.0. The molecule has 15 heavy (non-hydrogen) atoms. The van der Waals surface area contributed by atoms with Gasteiger partial charge < -0.3 is 4.90 Å². The molecule has 1 N–H and O–H groups in total. The Morgan fingerprint density at radius 1 is 1.47 bits per heavy atom. The summed E-state index contributed by atoms with van der Waals surface area (Å²) in [5.41, 5.74) is -0.303. The van der Waals surface area contributed by atoms with Crippen LogP contribution in [0.25, 0.3) is 0 Å². The van der Waals surface area contributed by atoms with Gasteiger partial charge in [-0.3, -0.25) is 10.1 Å². The van der Waals surface area contributed by atoms with Crippen LogP contribution in [0.2, 0.25) is 0 Å². The predicted molar refractivity (Wildman–Crippen MR) is 60.4 cm³/mol. The van der Waals surface area contributed by atoms with Gasteiger partial charge in [0.05, 0.1) is 11.7 Å². The van der Waals surface area contributed by atoms with Gasteiger partial charge in [-0.15, -0.1) is 0 Å². The minimum absolute atomic E-state index is 0.292. The highest BCUT2D eigenvalue weighted by Gasteiger charge is 2.50. The number of carbonyl (C=O) groups is 1. The second-order valence-electron chi connectivity index (χ2n) is 5.08. The maximum Gasteiger partial charge on any atom is 0.244 e. The van der Waals surface area contributed by atoms with Gasteiger partial charge in [-0.05, 0) is 32.6 Å². The van der Waals surface area contributed by atoms with Crippen molar-refractivity contribution in [1.82, 2.24) is 10.2 Å². The zero-order chi connectivity index (χ0) is 11.1. The van der Waals surface area contributed by atoms with Crippen molar-refractivity contribution in [3.8, 4) is 0 Å². The Bertz CT molecular complexity index is 262. The average Bonchev–Trinajstić information content (AvgIpc) is 2.99. The molecule has 1 aliphatic carbocycles. The van der Waals surface area contributed by atoms with Crippen molar-refractivity contribution in [2.45, 2.75) is 70.6 Å². The highest BCUT2D eigenvalue weighted by Crippen LogP contribution is 2.36. The van der Waals surface area contributed by atoms with Crippen molar-refractivity contribution < 1.29 is 4.79 Å². The monoisotopic (exact) mass is 210 g/mol. The van der Waals surface area contributed by atoms with E-state index in [4.69, 9.17) is 0 Å². The van der Waals surface area contributed by atoms with Gasteiger partial charge in [-0.25, -0.2) is 0 Å². The molecule has 86 valence electrons. The van der Waals surface area contributed by atoms with Crippen LogP contribution in [0.1, 0.15) is 52.9 Å². The number of nitrogens with one attached hydrogen (secondary N) is 1. The Hall–Kier alpha value is -0.570. The molecule has 2 unspecified atom stereocenters. The molecular weight excluding hydrogens is 188 g/mol. The van der Waals surface area contributed by atoms with Crippen molar-refractivity contribution in [3.05, 3.63) is 0 Å². The Morgan fingerprint density at radius 2 is 2.13 bits per heavy atom. The van der Waals surface area contributed by atoms with Gasteiger partial charge in [0.2, 0.25) is 5.91 Å². The second-order valence-corrected chi connectivity index (χ2v) is 5.08. The van der Waals surface area contributed by atoms with Gasteiger partial charge in [0.25, 0.3) is 0 Å². The summed E-state index contributed by atoms with van der Waals surface area (Å²) in [7, 11) is 0. The molecule has 3 heteroatoms. The molecule has 1 heterocycles. The molecule has 1 saturated heterocycles. The molecular formula is C12H22N2O. The van der Waals surface area contributed by atoms with E-state index >= 15 is 0 Å². The van der Waals surface area contributed by atoms with E-state index < -0.39 is 0 Å². The van der Waals surface area contributed by atoms with Crippen molar-refractivity contribution in [2.75, 3.05) is 0 Å². The molecule has 0 aromatic carbocycles. The summed E-state index contributed by atoms with van der Waals surface area (Å²) in [6.07, 6.45) is 5.79. The number of hydrogen-bond acceptors (Lipinski definition) is 2. The summed E-state index contributed by atoms with van der Waals surface area (Å²) < 4.78 is 0. The fourth-order valence-corrected chi connectivity index (χ4v) is 2.44. The highest BCUT2D eigenvalue weighted by atomic mass is 16.2. The van der Waals surface area contributed by atoms with Crippen molar-refractivity contribution >= 4 is 5.91 Å². The van der Waals surface area contributed by atoms with Crippen molar-refractivity contribution in [3.63, 3.8) is 0 Å².